The first kappa shape index (κ1) is 8.25. The molecule has 13 heavy (non-hydrogen) atoms. The molecule has 5 nitrogen and oxygen atoms in total. The Morgan fingerprint density at radius 1 is 1.46 bits per heavy atom. The fourth-order valence-electron chi connectivity index (χ4n) is 1.72. The van der Waals surface area contributed by atoms with E-state index in [-0.39, 0.29) is 0 Å². The number of fused-ring (bicyclic) bond motifs is 1. The Hall–Kier alpha value is -1.36. The minimum Gasteiger partial charge on any atom is -0.288 e. The van der Waals surface area contributed by atoms with Crippen LogP contribution in [0.3, 0.4) is 0 Å². The van der Waals surface area contributed by atoms with Crippen molar-refractivity contribution >= 4 is 5.91 Å². The Morgan fingerprint density at radius 2 is 2.23 bits per heavy atom. The fourth-order valence-corrected chi connectivity index (χ4v) is 1.72. The van der Waals surface area contributed by atoms with Gasteiger partial charge in [0.25, 0.3) is 5.91 Å². The van der Waals surface area contributed by atoms with E-state index in [4.69, 9.17) is 5.21 Å². The Morgan fingerprint density at radius 3 is 3.00 bits per heavy atom. The van der Waals surface area contributed by atoms with E-state index in [1.807, 2.05) is 0 Å². The number of carbonyl (C=O) groups is 1. The normalized spacial score (nSPS) is 15.2. The fraction of sp³-hybridized carbons (Fsp3) is 0.500. The minimum atomic E-state index is -0.528. The van der Waals surface area contributed by atoms with Crippen molar-refractivity contribution < 1.29 is 10.0 Å². The molecule has 3 N–H and O–H groups in total. The van der Waals surface area contributed by atoms with Gasteiger partial charge in [0.05, 0.1) is 0 Å². The van der Waals surface area contributed by atoms with E-state index >= 15 is 0 Å². The second-order valence-corrected chi connectivity index (χ2v) is 3.18. The number of hydroxylamine groups is 1. The Bertz CT molecular complexity index is 332. The van der Waals surface area contributed by atoms with Crippen LogP contribution in [0.4, 0.5) is 0 Å². The van der Waals surface area contributed by atoms with Gasteiger partial charge in [-0.2, -0.15) is 5.10 Å². The van der Waals surface area contributed by atoms with Gasteiger partial charge in [-0.1, -0.05) is 0 Å². The van der Waals surface area contributed by atoms with E-state index in [9.17, 15) is 4.79 Å². The molecule has 1 heterocycles. The maximum atomic E-state index is 11.1. The zero-order valence-electron chi connectivity index (χ0n) is 7.13. The molecule has 70 valence electrons. The minimum absolute atomic E-state index is 0.331. The lowest BCUT2D eigenvalue weighted by atomic mass is 9.96. The highest BCUT2D eigenvalue weighted by Crippen LogP contribution is 2.21. The summed E-state index contributed by atoms with van der Waals surface area (Å²) in [5.41, 5.74) is 3.92. The number of hydrogen-bond acceptors (Lipinski definition) is 3. The van der Waals surface area contributed by atoms with Crippen molar-refractivity contribution in [2.24, 2.45) is 0 Å². The van der Waals surface area contributed by atoms with Gasteiger partial charge < -0.3 is 0 Å². The van der Waals surface area contributed by atoms with Crippen molar-refractivity contribution in [3.63, 3.8) is 0 Å². The Kier molecular flexibility index (Phi) is 2.02. The number of nitrogens with zero attached hydrogens (tertiary/aromatic N) is 1. The predicted molar refractivity (Wildman–Crippen MR) is 44.5 cm³/mol. The highest BCUT2D eigenvalue weighted by molar-refractivity contribution is 5.93. The van der Waals surface area contributed by atoms with E-state index in [0.29, 0.717) is 5.69 Å². The number of nitrogens with one attached hydrogen (secondary N) is 2. The molecule has 0 bridgehead atoms. The van der Waals surface area contributed by atoms with Crippen LogP contribution in [-0.4, -0.2) is 21.3 Å². The van der Waals surface area contributed by atoms with Crippen molar-refractivity contribution in [3.8, 4) is 0 Å². The van der Waals surface area contributed by atoms with Crippen LogP contribution in [0.2, 0.25) is 0 Å². The summed E-state index contributed by atoms with van der Waals surface area (Å²) in [4.78, 5) is 11.1. The molecule has 1 aromatic heterocycles. The van der Waals surface area contributed by atoms with Crippen molar-refractivity contribution in [1.82, 2.24) is 15.7 Å². The van der Waals surface area contributed by atoms with Gasteiger partial charge in [0.15, 0.2) is 5.69 Å². The smallest absolute Gasteiger partial charge is 0.288 e. The van der Waals surface area contributed by atoms with Crippen LogP contribution in [0.5, 0.6) is 0 Å². The van der Waals surface area contributed by atoms with Crippen LogP contribution in [0, 0.1) is 0 Å². The number of aromatic nitrogens is 2. The van der Waals surface area contributed by atoms with E-state index in [0.717, 1.165) is 36.9 Å². The van der Waals surface area contributed by atoms with Crippen LogP contribution < -0.4 is 5.48 Å². The van der Waals surface area contributed by atoms with Crippen LogP contribution >= 0.6 is 0 Å². The summed E-state index contributed by atoms with van der Waals surface area (Å²) in [7, 11) is 0. The van der Waals surface area contributed by atoms with Crippen LogP contribution in [0.25, 0.3) is 0 Å². The second kappa shape index (κ2) is 3.18. The Balaban J connectivity index is 2.36. The first-order chi connectivity index (χ1) is 6.33. The first-order valence-corrected chi connectivity index (χ1v) is 4.33. The lowest BCUT2D eigenvalue weighted by Gasteiger charge is -2.09. The van der Waals surface area contributed by atoms with Gasteiger partial charge in [-0.15, -0.1) is 0 Å². The third kappa shape index (κ3) is 1.31. The van der Waals surface area contributed by atoms with Gasteiger partial charge in [-0.05, 0) is 25.7 Å². The molecule has 1 aliphatic rings. The van der Waals surface area contributed by atoms with Crippen molar-refractivity contribution in [2.75, 3.05) is 0 Å². The van der Waals surface area contributed by atoms with E-state index in [1.165, 1.54) is 0 Å². The van der Waals surface area contributed by atoms with E-state index in [2.05, 4.69) is 10.2 Å². The number of amides is 1. The number of carbonyl (C=O) groups excluding carboxylic acids is 1. The van der Waals surface area contributed by atoms with Gasteiger partial charge in [-0.3, -0.25) is 15.1 Å². The van der Waals surface area contributed by atoms with Gasteiger partial charge in [0.1, 0.15) is 0 Å². The summed E-state index contributed by atoms with van der Waals surface area (Å²) in [6, 6.07) is 0. The lowest BCUT2D eigenvalue weighted by molar-refractivity contribution is 0.0699. The zero-order chi connectivity index (χ0) is 9.26. The summed E-state index contributed by atoms with van der Waals surface area (Å²) in [5.74, 6) is -0.528. The lowest BCUT2D eigenvalue weighted by Crippen LogP contribution is -2.21. The van der Waals surface area contributed by atoms with Crippen LogP contribution in [0.15, 0.2) is 0 Å². The molecule has 0 saturated heterocycles. The summed E-state index contributed by atoms with van der Waals surface area (Å²) in [6.45, 7) is 0. The third-order valence-electron chi connectivity index (χ3n) is 2.37. The standard InChI is InChI=1S/C8H11N3O2/c12-8(11-13)7-5-3-1-2-4-6(5)9-10-7/h13H,1-4H2,(H,9,10)(H,11,12). The van der Waals surface area contributed by atoms with Gasteiger partial charge in [-0.25, -0.2) is 5.48 Å². The highest BCUT2D eigenvalue weighted by atomic mass is 16.5. The van der Waals surface area contributed by atoms with E-state index < -0.39 is 5.91 Å². The topological polar surface area (TPSA) is 78.0 Å². The van der Waals surface area contributed by atoms with Crippen LogP contribution in [0.1, 0.15) is 34.6 Å². The first-order valence-electron chi connectivity index (χ1n) is 4.33. The molecular weight excluding hydrogens is 170 g/mol. The Labute approximate surface area is 75.1 Å². The molecule has 0 atom stereocenters. The second-order valence-electron chi connectivity index (χ2n) is 3.18. The molecular formula is C8H11N3O2. The highest BCUT2D eigenvalue weighted by Gasteiger charge is 2.20. The monoisotopic (exact) mass is 181 g/mol. The molecule has 0 aromatic carbocycles. The third-order valence-corrected chi connectivity index (χ3v) is 2.37. The van der Waals surface area contributed by atoms with Gasteiger partial charge >= 0.3 is 0 Å². The molecule has 0 radical (unpaired) electrons. The van der Waals surface area contributed by atoms with Gasteiger partial charge in [0, 0.05) is 11.3 Å². The van der Waals surface area contributed by atoms with Crippen LogP contribution in [-0.2, 0) is 12.8 Å². The number of hydrogen-bond donors (Lipinski definition) is 3. The average molecular weight is 181 g/mol. The number of aryl methyl sites for hydroxylation is 1. The summed E-state index contributed by atoms with van der Waals surface area (Å²) in [6.07, 6.45) is 4.03. The van der Waals surface area contributed by atoms with Crippen molar-refractivity contribution in [1.29, 1.82) is 0 Å². The number of rotatable bonds is 1. The SMILES string of the molecule is O=C(NO)c1n[nH]c2c1CCCC2. The number of aromatic amines is 1. The van der Waals surface area contributed by atoms with Crippen molar-refractivity contribution in [3.05, 3.63) is 17.0 Å². The summed E-state index contributed by atoms with van der Waals surface area (Å²) < 4.78 is 0. The predicted octanol–water partition coefficient (Wildman–Crippen LogP) is 0.407. The van der Waals surface area contributed by atoms with E-state index in [1.54, 1.807) is 5.48 Å². The summed E-state index contributed by atoms with van der Waals surface area (Å²) in [5, 5.41) is 15.1. The molecule has 1 aromatic rings. The zero-order valence-corrected chi connectivity index (χ0v) is 7.13. The molecule has 0 fully saturated rings. The largest absolute Gasteiger partial charge is 0.295 e. The number of H-pyrrole nitrogens is 1. The summed E-state index contributed by atoms with van der Waals surface area (Å²) >= 11 is 0. The average Bonchev–Trinajstić information content (AvgIpc) is 2.60. The maximum absolute atomic E-state index is 11.1. The van der Waals surface area contributed by atoms with Crippen molar-refractivity contribution in [2.45, 2.75) is 25.7 Å². The molecule has 5 heteroatoms. The molecule has 0 spiro atoms. The molecule has 1 aliphatic carbocycles. The molecule has 0 aliphatic heterocycles. The molecule has 0 unspecified atom stereocenters. The van der Waals surface area contributed by atoms with Gasteiger partial charge in [0.2, 0.25) is 0 Å². The maximum Gasteiger partial charge on any atom is 0.295 e. The quantitative estimate of drug-likeness (QED) is 0.433. The molecule has 1 amide bonds. The molecule has 0 saturated carbocycles. The molecule has 2 rings (SSSR count).